The molecule has 19 heavy (non-hydrogen) atoms. The molecule has 5 heteroatoms. The summed E-state index contributed by atoms with van der Waals surface area (Å²) >= 11 is 0. The van der Waals surface area contributed by atoms with Gasteiger partial charge in [-0.15, -0.1) is 0 Å². The second-order valence-corrected chi connectivity index (χ2v) is 4.27. The lowest BCUT2D eigenvalue weighted by Gasteiger charge is -2.13. The fourth-order valence-electron chi connectivity index (χ4n) is 2.16. The van der Waals surface area contributed by atoms with E-state index in [2.05, 4.69) is 15.0 Å². The van der Waals surface area contributed by atoms with Crippen LogP contribution in [0.25, 0.3) is 11.0 Å². The van der Waals surface area contributed by atoms with Crippen LogP contribution in [0.5, 0.6) is 0 Å². The van der Waals surface area contributed by atoms with E-state index < -0.39 is 11.8 Å². The average Bonchev–Trinajstić information content (AvgIpc) is 2.87. The third-order valence-electron chi connectivity index (χ3n) is 3.05. The molecule has 1 amide bonds. The molecule has 94 valence electrons. The molecule has 1 aromatic carbocycles. The Labute approximate surface area is 109 Å². The minimum atomic E-state index is -0.547. The van der Waals surface area contributed by atoms with Gasteiger partial charge in [-0.05, 0) is 29.8 Å². The lowest BCUT2D eigenvalue weighted by molar-refractivity contribution is -0.118. The lowest BCUT2D eigenvalue weighted by Crippen LogP contribution is -2.23. The molecule has 0 radical (unpaired) electrons. The van der Waals surface area contributed by atoms with Crippen molar-refractivity contribution in [1.29, 1.82) is 0 Å². The summed E-state index contributed by atoms with van der Waals surface area (Å²) < 4.78 is 0. The van der Waals surface area contributed by atoms with Crippen molar-refractivity contribution in [2.45, 2.75) is 5.92 Å². The average molecular weight is 252 g/mol. The first kappa shape index (κ1) is 11.4. The number of fused-ring (bicyclic) bond motifs is 1. The zero-order valence-corrected chi connectivity index (χ0v) is 10.1. The first-order valence-electron chi connectivity index (χ1n) is 5.89. The van der Waals surface area contributed by atoms with E-state index in [1.165, 1.54) is 0 Å². The number of amides is 1. The van der Waals surface area contributed by atoms with Crippen LogP contribution in [-0.4, -0.2) is 20.9 Å². The number of rotatable bonds is 3. The summed E-state index contributed by atoms with van der Waals surface area (Å²) in [6, 6.07) is 11.0. The van der Waals surface area contributed by atoms with E-state index in [9.17, 15) is 4.79 Å². The molecule has 3 rings (SSSR count). The van der Waals surface area contributed by atoms with Gasteiger partial charge >= 0.3 is 0 Å². The van der Waals surface area contributed by atoms with Crippen LogP contribution in [0.15, 0.2) is 48.9 Å². The smallest absolute Gasteiger partial charge is 0.231 e. The predicted molar refractivity (Wildman–Crippen MR) is 71.4 cm³/mol. The van der Waals surface area contributed by atoms with Crippen LogP contribution in [0.1, 0.15) is 17.2 Å². The summed E-state index contributed by atoms with van der Waals surface area (Å²) in [4.78, 5) is 23.1. The Morgan fingerprint density at radius 2 is 2.11 bits per heavy atom. The fourth-order valence-corrected chi connectivity index (χ4v) is 2.16. The van der Waals surface area contributed by atoms with Gasteiger partial charge in [0.15, 0.2) is 0 Å². The number of hydrogen-bond donors (Lipinski definition) is 2. The Bertz CT molecular complexity index is 720. The van der Waals surface area contributed by atoms with Gasteiger partial charge in [0.2, 0.25) is 5.91 Å². The number of aromatic nitrogens is 3. The fraction of sp³-hybridized carbons (Fsp3) is 0.0714. The Morgan fingerprint density at radius 1 is 1.21 bits per heavy atom. The zero-order chi connectivity index (χ0) is 13.2. The molecule has 0 saturated heterocycles. The number of primary amides is 1. The molecule has 0 aliphatic carbocycles. The molecule has 1 atom stereocenters. The summed E-state index contributed by atoms with van der Waals surface area (Å²) in [5.74, 6) is -0.966. The van der Waals surface area contributed by atoms with Crippen molar-refractivity contribution in [3.05, 3.63) is 60.2 Å². The second-order valence-electron chi connectivity index (χ2n) is 4.27. The number of benzene rings is 1. The van der Waals surface area contributed by atoms with Crippen molar-refractivity contribution in [1.82, 2.24) is 15.0 Å². The van der Waals surface area contributed by atoms with Gasteiger partial charge in [-0.2, -0.15) is 0 Å². The molecule has 1 unspecified atom stereocenters. The SMILES string of the molecule is NC(=O)C(c1ccc2nc[nH]c2c1)c1ccccn1. The van der Waals surface area contributed by atoms with E-state index >= 15 is 0 Å². The molecular formula is C14H12N4O. The minimum Gasteiger partial charge on any atom is -0.369 e. The van der Waals surface area contributed by atoms with Gasteiger partial charge in [0.1, 0.15) is 5.92 Å². The van der Waals surface area contributed by atoms with E-state index in [1.54, 1.807) is 24.7 Å². The minimum absolute atomic E-state index is 0.419. The molecule has 2 aromatic heterocycles. The van der Waals surface area contributed by atoms with Crippen LogP contribution in [0.3, 0.4) is 0 Å². The molecular weight excluding hydrogens is 240 g/mol. The van der Waals surface area contributed by atoms with E-state index in [4.69, 9.17) is 5.73 Å². The van der Waals surface area contributed by atoms with Gasteiger partial charge in [0.05, 0.1) is 23.1 Å². The quantitative estimate of drug-likeness (QED) is 0.742. The van der Waals surface area contributed by atoms with E-state index in [-0.39, 0.29) is 0 Å². The monoisotopic (exact) mass is 252 g/mol. The molecule has 0 spiro atoms. The van der Waals surface area contributed by atoms with E-state index in [1.807, 2.05) is 24.3 Å². The molecule has 0 bridgehead atoms. The largest absolute Gasteiger partial charge is 0.369 e. The van der Waals surface area contributed by atoms with Crippen LogP contribution >= 0.6 is 0 Å². The van der Waals surface area contributed by atoms with Gasteiger partial charge in [-0.3, -0.25) is 9.78 Å². The van der Waals surface area contributed by atoms with Crippen molar-refractivity contribution in [2.75, 3.05) is 0 Å². The Balaban J connectivity index is 2.12. The molecule has 3 N–H and O–H groups in total. The predicted octanol–water partition coefficient (Wildman–Crippen LogP) is 1.58. The normalized spacial score (nSPS) is 12.4. The standard InChI is InChI=1S/C14H12N4O/c15-14(19)13(11-3-1-2-6-16-11)9-4-5-10-12(7-9)18-8-17-10/h1-8,13H,(H2,15,19)(H,17,18). The summed E-state index contributed by atoms with van der Waals surface area (Å²) in [6.07, 6.45) is 3.27. The molecule has 0 fully saturated rings. The highest BCUT2D eigenvalue weighted by atomic mass is 16.1. The Hall–Kier alpha value is -2.69. The number of H-pyrrole nitrogens is 1. The number of hydrogen-bond acceptors (Lipinski definition) is 3. The van der Waals surface area contributed by atoms with Crippen molar-refractivity contribution in [3.8, 4) is 0 Å². The highest BCUT2D eigenvalue weighted by Crippen LogP contribution is 2.24. The van der Waals surface area contributed by atoms with Gasteiger partial charge in [-0.1, -0.05) is 12.1 Å². The van der Waals surface area contributed by atoms with Gasteiger partial charge in [-0.25, -0.2) is 4.98 Å². The van der Waals surface area contributed by atoms with Crippen LogP contribution in [0, 0.1) is 0 Å². The molecule has 5 nitrogen and oxygen atoms in total. The highest BCUT2D eigenvalue weighted by molar-refractivity contribution is 5.87. The third kappa shape index (κ3) is 2.06. The van der Waals surface area contributed by atoms with E-state index in [0.717, 1.165) is 16.6 Å². The van der Waals surface area contributed by atoms with Crippen molar-refractivity contribution < 1.29 is 4.79 Å². The summed E-state index contributed by atoms with van der Waals surface area (Å²) in [5.41, 5.74) is 8.70. The summed E-state index contributed by atoms with van der Waals surface area (Å²) in [5, 5.41) is 0. The Morgan fingerprint density at radius 3 is 2.84 bits per heavy atom. The van der Waals surface area contributed by atoms with Crippen LogP contribution in [0.2, 0.25) is 0 Å². The molecule has 2 heterocycles. The highest BCUT2D eigenvalue weighted by Gasteiger charge is 2.21. The maximum absolute atomic E-state index is 11.7. The number of nitrogens with one attached hydrogen (secondary N) is 1. The third-order valence-corrected chi connectivity index (χ3v) is 3.05. The van der Waals surface area contributed by atoms with Crippen molar-refractivity contribution in [2.24, 2.45) is 5.73 Å². The van der Waals surface area contributed by atoms with Crippen molar-refractivity contribution in [3.63, 3.8) is 0 Å². The van der Waals surface area contributed by atoms with Crippen molar-refractivity contribution >= 4 is 16.9 Å². The number of nitrogens with zero attached hydrogens (tertiary/aromatic N) is 2. The first-order chi connectivity index (χ1) is 9.25. The molecule has 0 aliphatic rings. The first-order valence-corrected chi connectivity index (χ1v) is 5.89. The molecule has 0 aliphatic heterocycles. The van der Waals surface area contributed by atoms with Gasteiger partial charge in [0, 0.05) is 6.20 Å². The number of imidazole rings is 1. The number of nitrogens with two attached hydrogens (primary N) is 1. The number of pyridine rings is 1. The van der Waals surface area contributed by atoms with Crippen LogP contribution < -0.4 is 5.73 Å². The van der Waals surface area contributed by atoms with E-state index in [0.29, 0.717) is 5.69 Å². The number of carbonyl (C=O) groups excluding carboxylic acids is 1. The number of aromatic amines is 1. The Kier molecular flexibility index (Phi) is 2.72. The second kappa shape index (κ2) is 4.53. The topological polar surface area (TPSA) is 84.7 Å². The number of carbonyl (C=O) groups is 1. The molecule has 0 saturated carbocycles. The zero-order valence-electron chi connectivity index (χ0n) is 10.1. The van der Waals surface area contributed by atoms with Crippen LogP contribution in [0.4, 0.5) is 0 Å². The maximum atomic E-state index is 11.7. The summed E-state index contributed by atoms with van der Waals surface area (Å²) in [6.45, 7) is 0. The van der Waals surface area contributed by atoms with Gasteiger partial charge in [0.25, 0.3) is 0 Å². The maximum Gasteiger partial charge on any atom is 0.231 e. The van der Waals surface area contributed by atoms with Crippen LogP contribution in [-0.2, 0) is 4.79 Å². The molecule has 3 aromatic rings. The van der Waals surface area contributed by atoms with Gasteiger partial charge < -0.3 is 10.7 Å². The lowest BCUT2D eigenvalue weighted by atomic mass is 9.94. The summed E-state index contributed by atoms with van der Waals surface area (Å²) in [7, 11) is 0.